The number of hydrogen-bond donors (Lipinski definition) is 0. The van der Waals surface area contributed by atoms with Gasteiger partial charge in [0.2, 0.25) is 4.96 Å². The van der Waals surface area contributed by atoms with Gasteiger partial charge in [-0.1, -0.05) is 35.6 Å². The van der Waals surface area contributed by atoms with Crippen molar-refractivity contribution in [3.8, 4) is 33.5 Å². The average molecular weight is 366 g/mol. The molecule has 4 aromatic rings. The molecule has 2 aromatic carbocycles. The highest BCUT2D eigenvalue weighted by Crippen LogP contribution is 2.30. The van der Waals surface area contributed by atoms with Crippen LogP contribution in [0.2, 0.25) is 0 Å². The molecule has 0 unspecified atom stereocenters. The second kappa shape index (κ2) is 7.13. The van der Waals surface area contributed by atoms with Crippen molar-refractivity contribution in [3.05, 3.63) is 48.5 Å². The van der Waals surface area contributed by atoms with E-state index in [0.717, 1.165) is 32.6 Å². The molecule has 132 valence electrons. The van der Waals surface area contributed by atoms with Gasteiger partial charge in [-0.05, 0) is 38.1 Å². The number of nitrogens with zero attached hydrogens (tertiary/aromatic N) is 4. The first-order valence-corrected chi connectivity index (χ1v) is 9.29. The number of benzene rings is 2. The summed E-state index contributed by atoms with van der Waals surface area (Å²) in [7, 11) is 0. The summed E-state index contributed by atoms with van der Waals surface area (Å²) >= 11 is 1.50. The molecule has 2 heterocycles. The van der Waals surface area contributed by atoms with Crippen LogP contribution in [-0.4, -0.2) is 33.0 Å². The fourth-order valence-corrected chi connectivity index (χ4v) is 3.53. The van der Waals surface area contributed by atoms with E-state index in [4.69, 9.17) is 14.6 Å². The van der Waals surface area contributed by atoms with Gasteiger partial charge in [-0.15, -0.1) is 10.2 Å². The molecule has 0 saturated heterocycles. The smallest absolute Gasteiger partial charge is 0.235 e. The monoisotopic (exact) mass is 366 g/mol. The van der Waals surface area contributed by atoms with Crippen LogP contribution < -0.4 is 9.47 Å². The van der Waals surface area contributed by atoms with Crippen molar-refractivity contribution < 1.29 is 9.47 Å². The van der Waals surface area contributed by atoms with Crippen molar-refractivity contribution >= 4 is 16.3 Å². The molecule has 6 nitrogen and oxygen atoms in total. The molecule has 0 spiro atoms. The maximum Gasteiger partial charge on any atom is 0.235 e. The van der Waals surface area contributed by atoms with E-state index >= 15 is 0 Å². The lowest BCUT2D eigenvalue weighted by Crippen LogP contribution is -1.94. The maximum atomic E-state index is 5.58. The second-order valence-corrected chi connectivity index (χ2v) is 6.50. The third kappa shape index (κ3) is 3.13. The Morgan fingerprint density at radius 3 is 2.23 bits per heavy atom. The summed E-state index contributed by atoms with van der Waals surface area (Å²) in [5.41, 5.74) is 1.92. The van der Waals surface area contributed by atoms with Gasteiger partial charge in [0.25, 0.3) is 0 Å². The fraction of sp³-hybridized carbons (Fsp3) is 0.211. The van der Waals surface area contributed by atoms with E-state index < -0.39 is 0 Å². The van der Waals surface area contributed by atoms with Crippen LogP contribution >= 0.6 is 11.3 Å². The number of rotatable bonds is 6. The highest BCUT2D eigenvalue weighted by Gasteiger charge is 2.15. The zero-order valence-electron chi connectivity index (χ0n) is 14.5. The molecule has 0 amide bonds. The van der Waals surface area contributed by atoms with E-state index in [1.54, 1.807) is 4.52 Å². The Kier molecular flexibility index (Phi) is 4.53. The van der Waals surface area contributed by atoms with E-state index in [1.165, 1.54) is 11.3 Å². The number of ether oxygens (including phenoxy) is 2. The predicted molar refractivity (Wildman–Crippen MR) is 102 cm³/mol. The lowest BCUT2D eigenvalue weighted by Gasteiger charge is -2.04. The molecular formula is C19H18N4O2S. The van der Waals surface area contributed by atoms with Crippen molar-refractivity contribution in [2.75, 3.05) is 13.2 Å². The topological polar surface area (TPSA) is 61.5 Å². The molecule has 0 saturated carbocycles. The first-order valence-electron chi connectivity index (χ1n) is 8.47. The largest absolute Gasteiger partial charge is 0.494 e. The van der Waals surface area contributed by atoms with Gasteiger partial charge in [-0.3, -0.25) is 0 Å². The summed E-state index contributed by atoms with van der Waals surface area (Å²) in [5.74, 6) is 2.34. The van der Waals surface area contributed by atoms with E-state index in [1.807, 2.05) is 62.4 Å². The Balaban J connectivity index is 1.73. The number of hydrogen-bond acceptors (Lipinski definition) is 6. The molecule has 0 N–H and O–H groups in total. The summed E-state index contributed by atoms with van der Waals surface area (Å²) in [6.45, 7) is 5.19. The fourth-order valence-electron chi connectivity index (χ4n) is 2.69. The van der Waals surface area contributed by atoms with Crippen molar-refractivity contribution in [2.24, 2.45) is 0 Å². The van der Waals surface area contributed by atoms with Gasteiger partial charge >= 0.3 is 0 Å². The molecule has 0 atom stereocenters. The van der Waals surface area contributed by atoms with Gasteiger partial charge in [0.05, 0.1) is 13.2 Å². The molecule has 26 heavy (non-hydrogen) atoms. The molecule has 0 aliphatic carbocycles. The Labute approximate surface area is 155 Å². The van der Waals surface area contributed by atoms with Gasteiger partial charge in [0.15, 0.2) is 5.82 Å². The minimum Gasteiger partial charge on any atom is -0.494 e. The van der Waals surface area contributed by atoms with Crippen LogP contribution in [0.25, 0.3) is 26.9 Å². The van der Waals surface area contributed by atoms with Crippen LogP contribution in [0.4, 0.5) is 0 Å². The molecule has 4 rings (SSSR count). The van der Waals surface area contributed by atoms with Gasteiger partial charge < -0.3 is 9.47 Å². The van der Waals surface area contributed by atoms with Crippen LogP contribution in [0.5, 0.6) is 11.5 Å². The third-order valence-electron chi connectivity index (χ3n) is 3.79. The average Bonchev–Trinajstić information content (AvgIpc) is 3.23. The summed E-state index contributed by atoms with van der Waals surface area (Å²) in [6, 6.07) is 15.7. The normalized spacial score (nSPS) is 11.0. The molecule has 0 aliphatic rings. The van der Waals surface area contributed by atoms with Crippen LogP contribution in [0.3, 0.4) is 0 Å². The van der Waals surface area contributed by atoms with Crippen LogP contribution in [0.15, 0.2) is 48.5 Å². The quantitative estimate of drug-likeness (QED) is 0.509. The highest BCUT2D eigenvalue weighted by molar-refractivity contribution is 7.19. The Hall–Kier alpha value is -2.93. The van der Waals surface area contributed by atoms with Crippen molar-refractivity contribution in [2.45, 2.75) is 13.8 Å². The minimum atomic E-state index is 0.621. The second-order valence-electron chi connectivity index (χ2n) is 5.55. The molecule has 7 heteroatoms. The van der Waals surface area contributed by atoms with E-state index in [0.29, 0.717) is 19.0 Å². The summed E-state index contributed by atoms with van der Waals surface area (Å²) in [6.07, 6.45) is 0. The first kappa shape index (κ1) is 16.5. The van der Waals surface area contributed by atoms with E-state index in [-0.39, 0.29) is 0 Å². The standard InChI is InChI=1S/C19H18N4O2S/c1-3-24-15-9-5-7-13(11-15)17-20-21-19-23(17)22-18(26-19)14-8-6-10-16(12-14)25-4-2/h5-12H,3-4H2,1-2H3. The van der Waals surface area contributed by atoms with Crippen LogP contribution in [0.1, 0.15) is 13.8 Å². The van der Waals surface area contributed by atoms with Gasteiger partial charge in [-0.25, -0.2) is 0 Å². The van der Waals surface area contributed by atoms with Gasteiger partial charge in [-0.2, -0.15) is 9.61 Å². The summed E-state index contributed by atoms with van der Waals surface area (Å²) in [5, 5.41) is 14.1. The van der Waals surface area contributed by atoms with Crippen LogP contribution in [0, 0.1) is 0 Å². The maximum absolute atomic E-state index is 5.58. The minimum absolute atomic E-state index is 0.621. The van der Waals surface area contributed by atoms with Crippen molar-refractivity contribution in [1.82, 2.24) is 19.8 Å². The SMILES string of the molecule is CCOc1cccc(-c2nn3c(-c4cccc(OCC)c4)nnc3s2)c1. The van der Waals surface area contributed by atoms with E-state index in [2.05, 4.69) is 10.2 Å². The van der Waals surface area contributed by atoms with E-state index in [9.17, 15) is 0 Å². The highest BCUT2D eigenvalue weighted by atomic mass is 32.1. The zero-order chi connectivity index (χ0) is 17.9. The molecular weight excluding hydrogens is 348 g/mol. The molecule has 0 radical (unpaired) electrons. The zero-order valence-corrected chi connectivity index (χ0v) is 15.4. The number of aromatic nitrogens is 4. The third-order valence-corrected chi connectivity index (χ3v) is 4.73. The molecule has 0 aliphatic heterocycles. The van der Waals surface area contributed by atoms with Crippen LogP contribution in [-0.2, 0) is 0 Å². The lowest BCUT2D eigenvalue weighted by atomic mass is 10.2. The van der Waals surface area contributed by atoms with Crippen molar-refractivity contribution in [3.63, 3.8) is 0 Å². The first-order chi connectivity index (χ1) is 12.8. The Morgan fingerprint density at radius 2 is 1.54 bits per heavy atom. The summed E-state index contributed by atoms with van der Waals surface area (Å²) in [4.78, 5) is 0.749. The molecule has 2 aromatic heterocycles. The molecule has 0 fully saturated rings. The Bertz CT molecular complexity index is 1040. The predicted octanol–water partition coefficient (Wildman–Crippen LogP) is 4.32. The van der Waals surface area contributed by atoms with Crippen molar-refractivity contribution in [1.29, 1.82) is 0 Å². The lowest BCUT2D eigenvalue weighted by molar-refractivity contribution is 0.340. The summed E-state index contributed by atoms with van der Waals surface area (Å²) < 4.78 is 12.9. The Morgan fingerprint density at radius 1 is 0.885 bits per heavy atom. The number of fused-ring (bicyclic) bond motifs is 1. The van der Waals surface area contributed by atoms with Gasteiger partial charge in [0.1, 0.15) is 16.5 Å². The van der Waals surface area contributed by atoms with Gasteiger partial charge in [0, 0.05) is 11.1 Å². The molecule has 0 bridgehead atoms.